The molecule has 33 heavy (non-hydrogen) atoms. The number of pyridine rings is 1. The summed E-state index contributed by atoms with van der Waals surface area (Å²) >= 11 is 12.3. The molecule has 5 nitrogen and oxygen atoms in total. The van der Waals surface area contributed by atoms with Crippen molar-refractivity contribution < 1.29 is 4.79 Å². The second kappa shape index (κ2) is 10.3. The van der Waals surface area contributed by atoms with E-state index >= 15 is 0 Å². The van der Waals surface area contributed by atoms with E-state index in [2.05, 4.69) is 25.8 Å². The first-order valence-corrected chi connectivity index (χ1v) is 13.0. The van der Waals surface area contributed by atoms with E-state index in [1.807, 2.05) is 30.6 Å². The molecule has 2 saturated heterocycles. The lowest BCUT2D eigenvalue weighted by Crippen LogP contribution is -2.68. The molecule has 1 aromatic carbocycles. The number of piperazine rings is 1. The van der Waals surface area contributed by atoms with Crippen LogP contribution >= 0.6 is 23.2 Å². The van der Waals surface area contributed by atoms with E-state index in [9.17, 15) is 4.79 Å². The molecule has 3 heterocycles. The van der Waals surface area contributed by atoms with Gasteiger partial charge >= 0.3 is 0 Å². The molecule has 1 aromatic heterocycles. The molecule has 3 fully saturated rings. The fourth-order valence-corrected chi connectivity index (χ4v) is 6.43. The predicted octanol–water partition coefficient (Wildman–Crippen LogP) is 4.66. The highest BCUT2D eigenvalue weighted by Gasteiger charge is 2.46. The van der Waals surface area contributed by atoms with Crippen molar-refractivity contribution in [2.45, 2.75) is 63.2 Å². The average molecular weight is 487 g/mol. The highest BCUT2D eigenvalue weighted by Crippen LogP contribution is 2.36. The number of fused-ring (bicyclic) bond motifs is 1. The highest BCUT2D eigenvalue weighted by molar-refractivity contribution is 6.42. The molecule has 0 spiro atoms. The van der Waals surface area contributed by atoms with Gasteiger partial charge in [0.25, 0.3) is 0 Å². The molecule has 1 saturated carbocycles. The molecule has 5 rings (SSSR count). The van der Waals surface area contributed by atoms with Crippen molar-refractivity contribution in [3.05, 3.63) is 63.9 Å². The normalized spacial score (nSPS) is 26.4. The van der Waals surface area contributed by atoms with Crippen LogP contribution in [-0.2, 0) is 17.8 Å². The number of halogens is 2. The summed E-state index contributed by atoms with van der Waals surface area (Å²) in [7, 11) is 0. The molecule has 0 radical (unpaired) electrons. The van der Waals surface area contributed by atoms with Crippen molar-refractivity contribution in [1.29, 1.82) is 0 Å². The van der Waals surface area contributed by atoms with E-state index in [-0.39, 0.29) is 11.9 Å². The van der Waals surface area contributed by atoms with Gasteiger partial charge in [-0.3, -0.25) is 19.6 Å². The molecule has 7 heteroatoms. The SMILES string of the molecule is O=C(Cc1ccc(Cl)c(Cl)c1)N1CCN(Cc2cccnc2)C2CCCC(N3CCCC3)C21. The number of carbonyl (C=O) groups excluding carboxylic acids is 1. The Morgan fingerprint density at radius 1 is 0.939 bits per heavy atom. The quantitative estimate of drug-likeness (QED) is 0.615. The minimum atomic E-state index is 0.204. The highest BCUT2D eigenvalue weighted by atomic mass is 35.5. The fraction of sp³-hybridized carbons (Fsp3) is 0.538. The summed E-state index contributed by atoms with van der Waals surface area (Å²) in [4.78, 5) is 25.4. The van der Waals surface area contributed by atoms with Gasteiger partial charge < -0.3 is 4.90 Å². The number of hydrogen-bond donors (Lipinski definition) is 0. The van der Waals surface area contributed by atoms with Crippen molar-refractivity contribution in [1.82, 2.24) is 19.7 Å². The summed E-state index contributed by atoms with van der Waals surface area (Å²) in [6.07, 6.45) is 10.3. The zero-order chi connectivity index (χ0) is 22.8. The molecule has 2 aromatic rings. The van der Waals surface area contributed by atoms with Crippen molar-refractivity contribution >= 4 is 29.1 Å². The Labute approximate surface area is 206 Å². The largest absolute Gasteiger partial charge is 0.335 e. The number of nitrogens with zero attached hydrogens (tertiary/aromatic N) is 4. The van der Waals surface area contributed by atoms with E-state index in [1.165, 1.54) is 31.2 Å². The zero-order valence-electron chi connectivity index (χ0n) is 19.0. The molecule has 3 unspecified atom stereocenters. The van der Waals surface area contributed by atoms with Crippen LogP contribution in [0.3, 0.4) is 0 Å². The van der Waals surface area contributed by atoms with E-state index in [0.29, 0.717) is 28.5 Å². The number of carbonyl (C=O) groups is 1. The number of benzene rings is 1. The second-order valence-corrected chi connectivity index (χ2v) is 10.5. The Balaban J connectivity index is 1.39. The van der Waals surface area contributed by atoms with Crippen molar-refractivity contribution in [2.24, 2.45) is 0 Å². The lowest BCUT2D eigenvalue weighted by atomic mass is 9.81. The Bertz CT molecular complexity index is 966. The van der Waals surface area contributed by atoms with Gasteiger partial charge in [-0.15, -0.1) is 0 Å². The van der Waals surface area contributed by atoms with Crippen LogP contribution in [0.1, 0.15) is 43.2 Å². The summed E-state index contributed by atoms with van der Waals surface area (Å²) < 4.78 is 0. The van der Waals surface area contributed by atoms with Crippen molar-refractivity contribution in [3.63, 3.8) is 0 Å². The first kappa shape index (κ1) is 23.1. The second-order valence-electron chi connectivity index (χ2n) is 9.64. The summed E-state index contributed by atoms with van der Waals surface area (Å²) in [5.41, 5.74) is 2.17. The first-order valence-electron chi connectivity index (χ1n) is 12.2. The average Bonchev–Trinajstić information content (AvgIpc) is 3.37. The Kier molecular flexibility index (Phi) is 7.21. The minimum Gasteiger partial charge on any atom is -0.335 e. The molecule has 3 atom stereocenters. The molecule has 3 aliphatic rings. The van der Waals surface area contributed by atoms with Gasteiger partial charge in [0, 0.05) is 44.1 Å². The minimum absolute atomic E-state index is 0.204. The Morgan fingerprint density at radius 2 is 1.76 bits per heavy atom. The maximum atomic E-state index is 13.6. The molecule has 1 aliphatic carbocycles. The van der Waals surface area contributed by atoms with Crippen LogP contribution in [0.2, 0.25) is 10.0 Å². The van der Waals surface area contributed by atoms with Gasteiger partial charge in [0.05, 0.1) is 22.5 Å². The smallest absolute Gasteiger partial charge is 0.227 e. The van der Waals surface area contributed by atoms with E-state index < -0.39 is 0 Å². The van der Waals surface area contributed by atoms with Crippen LogP contribution in [0.15, 0.2) is 42.7 Å². The van der Waals surface area contributed by atoms with Crippen LogP contribution in [0, 0.1) is 0 Å². The number of aromatic nitrogens is 1. The summed E-state index contributed by atoms with van der Waals surface area (Å²) in [6, 6.07) is 10.8. The van der Waals surface area contributed by atoms with Gasteiger partial charge in [-0.1, -0.05) is 41.8 Å². The number of likely N-dealkylation sites (tertiary alicyclic amines) is 1. The van der Waals surface area contributed by atoms with Gasteiger partial charge in [0.2, 0.25) is 5.91 Å². The maximum absolute atomic E-state index is 13.6. The molecule has 2 aliphatic heterocycles. The van der Waals surface area contributed by atoms with E-state index in [0.717, 1.165) is 44.7 Å². The third kappa shape index (κ3) is 5.07. The van der Waals surface area contributed by atoms with Crippen molar-refractivity contribution in [2.75, 3.05) is 26.2 Å². The topological polar surface area (TPSA) is 39.7 Å². The lowest BCUT2D eigenvalue weighted by molar-refractivity contribution is -0.143. The lowest BCUT2D eigenvalue weighted by Gasteiger charge is -2.54. The van der Waals surface area contributed by atoms with Gasteiger partial charge in [-0.25, -0.2) is 0 Å². The first-order chi connectivity index (χ1) is 16.1. The van der Waals surface area contributed by atoms with Crippen LogP contribution in [-0.4, -0.2) is 69.9 Å². The van der Waals surface area contributed by atoms with Gasteiger partial charge in [-0.05, 0) is 68.1 Å². The number of hydrogen-bond acceptors (Lipinski definition) is 4. The molecule has 0 N–H and O–H groups in total. The summed E-state index contributed by atoms with van der Waals surface area (Å²) in [6.45, 7) is 4.88. The van der Waals surface area contributed by atoms with Gasteiger partial charge in [0.15, 0.2) is 0 Å². The monoisotopic (exact) mass is 486 g/mol. The van der Waals surface area contributed by atoms with E-state index in [4.69, 9.17) is 23.2 Å². The summed E-state index contributed by atoms with van der Waals surface area (Å²) in [5.74, 6) is 0.204. The zero-order valence-corrected chi connectivity index (χ0v) is 20.5. The summed E-state index contributed by atoms with van der Waals surface area (Å²) in [5, 5.41) is 1.03. The fourth-order valence-electron chi connectivity index (χ4n) is 6.11. The molecule has 1 amide bonds. The predicted molar refractivity (Wildman–Crippen MR) is 133 cm³/mol. The molecule has 0 bridgehead atoms. The number of rotatable bonds is 5. The van der Waals surface area contributed by atoms with Crippen molar-refractivity contribution in [3.8, 4) is 0 Å². The van der Waals surface area contributed by atoms with Gasteiger partial charge in [-0.2, -0.15) is 0 Å². The van der Waals surface area contributed by atoms with Crippen LogP contribution in [0.5, 0.6) is 0 Å². The van der Waals surface area contributed by atoms with Crippen LogP contribution < -0.4 is 0 Å². The molecule has 176 valence electrons. The molecular formula is C26H32Cl2N4O. The third-order valence-corrected chi connectivity index (χ3v) is 8.36. The van der Waals surface area contributed by atoms with Crippen LogP contribution in [0.25, 0.3) is 0 Å². The number of amides is 1. The third-order valence-electron chi connectivity index (χ3n) is 7.62. The van der Waals surface area contributed by atoms with Crippen LogP contribution in [0.4, 0.5) is 0 Å². The van der Waals surface area contributed by atoms with Gasteiger partial charge in [0.1, 0.15) is 0 Å². The van der Waals surface area contributed by atoms with E-state index in [1.54, 1.807) is 6.07 Å². The Morgan fingerprint density at radius 3 is 2.52 bits per heavy atom. The standard InChI is InChI=1S/C26H32Cl2N4O/c27-21-9-8-19(15-22(21)28)16-25(33)32-14-13-31(18-20-5-4-10-29-17-20)24-7-3-6-23(26(24)32)30-11-1-2-12-30/h4-5,8-10,15,17,23-24,26H,1-3,6-7,11-14,16,18H2. The molecular weight excluding hydrogens is 455 g/mol. The maximum Gasteiger partial charge on any atom is 0.227 e. The Hall–Kier alpha value is -1.66.